The Morgan fingerprint density at radius 1 is 1.10 bits per heavy atom. The molecule has 0 radical (unpaired) electrons. The number of hydrogen-bond donors (Lipinski definition) is 1. The van der Waals surface area contributed by atoms with Gasteiger partial charge in [0.05, 0.1) is 5.54 Å². The van der Waals surface area contributed by atoms with Gasteiger partial charge in [-0.1, -0.05) is 41.9 Å². The number of benzene rings is 2. The molecule has 2 aromatic carbocycles. The Kier molecular flexibility index (Phi) is 4.86. The summed E-state index contributed by atoms with van der Waals surface area (Å²) in [6.07, 6.45) is 0. The number of rotatable bonds is 5. The SMILES string of the molecule is CC(C)(NC(=O)COc1ccc(Cl)cc1)c1ccccc1. The quantitative estimate of drug-likeness (QED) is 0.913. The molecule has 0 atom stereocenters. The normalized spacial score (nSPS) is 11.0. The van der Waals surface area contributed by atoms with E-state index in [4.69, 9.17) is 16.3 Å². The molecule has 0 aliphatic rings. The third-order valence-corrected chi connectivity index (χ3v) is 3.38. The van der Waals surface area contributed by atoms with Crippen LogP contribution in [-0.4, -0.2) is 12.5 Å². The number of carbonyl (C=O) groups excluding carboxylic acids is 1. The van der Waals surface area contributed by atoms with Gasteiger partial charge in [-0.15, -0.1) is 0 Å². The minimum Gasteiger partial charge on any atom is -0.484 e. The van der Waals surface area contributed by atoms with E-state index in [1.807, 2.05) is 44.2 Å². The van der Waals surface area contributed by atoms with Crippen molar-refractivity contribution < 1.29 is 9.53 Å². The molecule has 1 N–H and O–H groups in total. The lowest BCUT2D eigenvalue weighted by Gasteiger charge is -2.26. The fraction of sp³-hybridized carbons (Fsp3) is 0.235. The Balaban J connectivity index is 1.91. The average Bonchev–Trinajstić information content (AvgIpc) is 2.47. The molecule has 2 rings (SSSR count). The molecule has 2 aromatic rings. The fourth-order valence-corrected chi connectivity index (χ4v) is 2.12. The molecule has 0 spiro atoms. The summed E-state index contributed by atoms with van der Waals surface area (Å²) < 4.78 is 5.43. The van der Waals surface area contributed by atoms with Crippen LogP contribution < -0.4 is 10.1 Å². The van der Waals surface area contributed by atoms with Gasteiger partial charge in [-0.3, -0.25) is 4.79 Å². The molecule has 0 fully saturated rings. The molecule has 110 valence electrons. The van der Waals surface area contributed by atoms with Crippen LogP contribution in [0, 0.1) is 0 Å². The van der Waals surface area contributed by atoms with Gasteiger partial charge in [-0.25, -0.2) is 0 Å². The molecule has 0 unspecified atom stereocenters. The van der Waals surface area contributed by atoms with E-state index in [9.17, 15) is 4.79 Å². The van der Waals surface area contributed by atoms with Gasteiger partial charge in [-0.05, 0) is 43.7 Å². The maximum Gasteiger partial charge on any atom is 0.258 e. The van der Waals surface area contributed by atoms with Crippen molar-refractivity contribution in [3.8, 4) is 5.75 Å². The molecule has 0 saturated heterocycles. The minimum absolute atomic E-state index is 0.0299. The number of carbonyl (C=O) groups is 1. The highest BCUT2D eigenvalue weighted by Gasteiger charge is 2.22. The van der Waals surface area contributed by atoms with Crippen molar-refractivity contribution in [2.24, 2.45) is 0 Å². The minimum atomic E-state index is -0.443. The first-order valence-electron chi connectivity index (χ1n) is 6.72. The zero-order valence-corrected chi connectivity index (χ0v) is 12.9. The maximum absolute atomic E-state index is 12.0. The van der Waals surface area contributed by atoms with E-state index in [1.54, 1.807) is 24.3 Å². The topological polar surface area (TPSA) is 38.3 Å². The van der Waals surface area contributed by atoms with Crippen LogP contribution in [0.3, 0.4) is 0 Å². The maximum atomic E-state index is 12.0. The van der Waals surface area contributed by atoms with Crippen LogP contribution in [0.5, 0.6) is 5.75 Å². The lowest BCUT2D eigenvalue weighted by Crippen LogP contribution is -2.43. The van der Waals surface area contributed by atoms with Crippen LogP contribution >= 0.6 is 11.6 Å². The van der Waals surface area contributed by atoms with E-state index >= 15 is 0 Å². The molecule has 1 amide bonds. The van der Waals surface area contributed by atoms with Gasteiger partial charge in [-0.2, -0.15) is 0 Å². The summed E-state index contributed by atoms with van der Waals surface area (Å²) in [7, 11) is 0. The number of halogens is 1. The Bertz CT molecular complexity index is 594. The largest absolute Gasteiger partial charge is 0.484 e. The van der Waals surface area contributed by atoms with Crippen LogP contribution in [0.2, 0.25) is 5.02 Å². The first-order chi connectivity index (χ1) is 9.97. The summed E-state index contributed by atoms with van der Waals surface area (Å²) in [6.45, 7) is 3.89. The Hall–Kier alpha value is -2.00. The molecule has 0 aliphatic heterocycles. The number of hydrogen-bond acceptors (Lipinski definition) is 2. The van der Waals surface area contributed by atoms with E-state index in [0.29, 0.717) is 10.8 Å². The predicted molar refractivity (Wildman–Crippen MR) is 84.6 cm³/mol. The van der Waals surface area contributed by atoms with Crippen LogP contribution in [0.15, 0.2) is 54.6 Å². The molecule has 0 aliphatic carbocycles. The second kappa shape index (κ2) is 6.64. The third kappa shape index (κ3) is 4.50. The highest BCUT2D eigenvalue weighted by molar-refractivity contribution is 6.30. The molecule has 0 heterocycles. The van der Waals surface area contributed by atoms with Gasteiger partial charge in [0, 0.05) is 5.02 Å². The summed E-state index contributed by atoms with van der Waals surface area (Å²) in [5, 5.41) is 3.60. The van der Waals surface area contributed by atoms with Gasteiger partial charge < -0.3 is 10.1 Å². The standard InChI is InChI=1S/C17H18ClNO2/c1-17(2,13-6-4-3-5-7-13)19-16(20)12-21-15-10-8-14(18)9-11-15/h3-11H,12H2,1-2H3,(H,19,20). The van der Waals surface area contributed by atoms with E-state index < -0.39 is 5.54 Å². The molecular formula is C17H18ClNO2. The Morgan fingerprint density at radius 2 is 1.71 bits per heavy atom. The fourth-order valence-electron chi connectivity index (χ4n) is 1.99. The van der Waals surface area contributed by atoms with Crippen molar-refractivity contribution in [1.82, 2.24) is 5.32 Å². The molecule has 4 heteroatoms. The van der Waals surface area contributed by atoms with Crippen LogP contribution in [-0.2, 0) is 10.3 Å². The zero-order chi connectivity index (χ0) is 15.3. The lowest BCUT2D eigenvalue weighted by atomic mass is 9.94. The van der Waals surface area contributed by atoms with Crippen molar-refractivity contribution in [2.75, 3.05) is 6.61 Å². The highest BCUT2D eigenvalue weighted by Crippen LogP contribution is 2.19. The first-order valence-corrected chi connectivity index (χ1v) is 7.10. The van der Waals surface area contributed by atoms with Gasteiger partial charge >= 0.3 is 0 Å². The molecule has 0 saturated carbocycles. The monoisotopic (exact) mass is 303 g/mol. The van der Waals surface area contributed by atoms with Crippen molar-refractivity contribution in [3.05, 3.63) is 65.2 Å². The summed E-state index contributed by atoms with van der Waals surface area (Å²) in [6, 6.07) is 16.7. The second-order valence-corrected chi connectivity index (χ2v) is 5.72. The summed E-state index contributed by atoms with van der Waals surface area (Å²) in [5.41, 5.74) is 0.603. The van der Waals surface area contributed by atoms with Crippen molar-refractivity contribution in [1.29, 1.82) is 0 Å². The van der Waals surface area contributed by atoms with Gasteiger partial charge in [0.25, 0.3) is 5.91 Å². The van der Waals surface area contributed by atoms with E-state index in [0.717, 1.165) is 5.56 Å². The number of nitrogens with one attached hydrogen (secondary N) is 1. The molecule has 21 heavy (non-hydrogen) atoms. The van der Waals surface area contributed by atoms with E-state index in [-0.39, 0.29) is 12.5 Å². The van der Waals surface area contributed by atoms with Gasteiger partial charge in [0.2, 0.25) is 0 Å². The first kappa shape index (κ1) is 15.4. The second-order valence-electron chi connectivity index (χ2n) is 5.28. The summed E-state index contributed by atoms with van der Waals surface area (Å²) >= 11 is 5.79. The Morgan fingerprint density at radius 3 is 2.33 bits per heavy atom. The van der Waals surface area contributed by atoms with Gasteiger partial charge in [0.15, 0.2) is 6.61 Å². The van der Waals surface area contributed by atoms with Crippen molar-refractivity contribution >= 4 is 17.5 Å². The highest BCUT2D eigenvalue weighted by atomic mass is 35.5. The lowest BCUT2D eigenvalue weighted by molar-refractivity contribution is -0.124. The molecule has 0 aromatic heterocycles. The van der Waals surface area contributed by atoms with Crippen molar-refractivity contribution in [2.45, 2.75) is 19.4 Å². The summed E-state index contributed by atoms with van der Waals surface area (Å²) in [4.78, 5) is 12.0. The third-order valence-electron chi connectivity index (χ3n) is 3.13. The average molecular weight is 304 g/mol. The molecule has 0 bridgehead atoms. The van der Waals surface area contributed by atoms with Gasteiger partial charge in [0.1, 0.15) is 5.75 Å². The zero-order valence-electron chi connectivity index (χ0n) is 12.1. The summed E-state index contributed by atoms with van der Waals surface area (Å²) in [5.74, 6) is 0.450. The Labute approximate surface area is 129 Å². The smallest absolute Gasteiger partial charge is 0.258 e. The van der Waals surface area contributed by atoms with Crippen molar-refractivity contribution in [3.63, 3.8) is 0 Å². The van der Waals surface area contributed by atoms with Crippen LogP contribution in [0.25, 0.3) is 0 Å². The number of amides is 1. The van der Waals surface area contributed by atoms with E-state index in [2.05, 4.69) is 5.32 Å². The van der Waals surface area contributed by atoms with E-state index in [1.165, 1.54) is 0 Å². The molecule has 3 nitrogen and oxygen atoms in total. The van der Waals surface area contributed by atoms with Crippen LogP contribution in [0.1, 0.15) is 19.4 Å². The predicted octanol–water partition coefficient (Wildman–Crippen LogP) is 3.77. The molecular weight excluding hydrogens is 286 g/mol. The van der Waals surface area contributed by atoms with Crippen LogP contribution in [0.4, 0.5) is 0 Å². The number of ether oxygens (including phenoxy) is 1.